The van der Waals surface area contributed by atoms with Crippen LogP contribution in [0.1, 0.15) is 42.6 Å². The number of hydrogen-bond donors (Lipinski definition) is 2. The number of alkyl halides is 3. The summed E-state index contributed by atoms with van der Waals surface area (Å²) in [7, 11) is 0. The average molecular weight is 571 g/mol. The molecule has 0 spiro atoms. The molecule has 0 aliphatic heterocycles. The molecule has 0 saturated carbocycles. The van der Waals surface area contributed by atoms with E-state index in [4.69, 9.17) is 11.6 Å². The second-order valence-electron chi connectivity index (χ2n) is 9.29. The SMILES string of the molecule is CC(C)CC(NC(=O)c1cc(-c2ccccc2OC(F)(F)F)n(-c2ccnc3cc(Cl)ccc23)n1)c1nn[nH]n1. The number of para-hydroxylation sites is 1. The Morgan fingerprint density at radius 1 is 1.15 bits per heavy atom. The van der Waals surface area contributed by atoms with Crippen molar-refractivity contribution in [3.8, 4) is 22.7 Å². The Kier molecular flexibility index (Phi) is 7.39. The zero-order chi connectivity index (χ0) is 28.4. The maximum Gasteiger partial charge on any atom is 0.573 e. The van der Waals surface area contributed by atoms with Gasteiger partial charge < -0.3 is 10.1 Å². The third-order valence-electron chi connectivity index (χ3n) is 5.93. The van der Waals surface area contributed by atoms with Crippen LogP contribution in [0, 0.1) is 5.92 Å². The molecular formula is C26H22ClF3N8O2. The van der Waals surface area contributed by atoms with Crippen molar-refractivity contribution in [2.24, 2.45) is 5.92 Å². The summed E-state index contributed by atoms with van der Waals surface area (Å²) in [6.45, 7) is 3.95. The first-order valence-corrected chi connectivity index (χ1v) is 12.5. The molecule has 5 rings (SSSR count). The highest BCUT2D eigenvalue weighted by Gasteiger charge is 2.33. The predicted molar refractivity (Wildman–Crippen MR) is 140 cm³/mol. The highest BCUT2D eigenvalue weighted by molar-refractivity contribution is 6.31. The number of rotatable bonds is 8. The Bertz CT molecular complexity index is 1650. The average Bonchev–Trinajstić information content (AvgIpc) is 3.58. The molecule has 0 bridgehead atoms. The van der Waals surface area contributed by atoms with Gasteiger partial charge in [0.2, 0.25) is 0 Å². The number of H-pyrrole nitrogens is 1. The molecule has 10 nitrogen and oxygen atoms in total. The van der Waals surface area contributed by atoms with Gasteiger partial charge in [0.05, 0.1) is 22.9 Å². The number of tetrazole rings is 1. The molecule has 0 aliphatic carbocycles. The number of carbonyl (C=O) groups is 1. The van der Waals surface area contributed by atoms with Crippen molar-refractivity contribution in [2.45, 2.75) is 32.7 Å². The van der Waals surface area contributed by atoms with E-state index < -0.39 is 24.1 Å². The predicted octanol–water partition coefficient (Wildman–Crippen LogP) is 5.67. The fraction of sp³-hybridized carbons (Fsp3) is 0.231. The second-order valence-corrected chi connectivity index (χ2v) is 9.72. The van der Waals surface area contributed by atoms with Gasteiger partial charge in [0.1, 0.15) is 5.75 Å². The maximum atomic E-state index is 13.5. The first-order chi connectivity index (χ1) is 19.1. The summed E-state index contributed by atoms with van der Waals surface area (Å²) in [5.41, 5.74) is 1.21. The lowest BCUT2D eigenvalue weighted by atomic mass is 10.0. The van der Waals surface area contributed by atoms with Crippen LogP contribution in [0.5, 0.6) is 5.75 Å². The van der Waals surface area contributed by atoms with Crippen molar-refractivity contribution in [3.63, 3.8) is 0 Å². The largest absolute Gasteiger partial charge is 0.573 e. The van der Waals surface area contributed by atoms with Gasteiger partial charge in [-0.1, -0.05) is 42.8 Å². The molecule has 3 heterocycles. The van der Waals surface area contributed by atoms with Gasteiger partial charge in [0.25, 0.3) is 5.91 Å². The highest BCUT2D eigenvalue weighted by Crippen LogP contribution is 2.36. The molecule has 2 N–H and O–H groups in total. The molecule has 0 fully saturated rings. The molecule has 3 aromatic heterocycles. The summed E-state index contributed by atoms with van der Waals surface area (Å²) in [6, 6.07) is 13.1. The summed E-state index contributed by atoms with van der Waals surface area (Å²) >= 11 is 6.14. The van der Waals surface area contributed by atoms with Crippen LogP contribution < -0.4 is 10.1 Å². The van der Waals surface area contributed by atoms with E-state index in [2.05, 4.69) is 40.8 Å². The van der Waals surface area contributed by atoms with Crippen LogP contribution in [-0.2, 0) is 0 Å². The number of amides is 1. The van der Waals surface area contributed by atoms with Gasteiger partial charge in [0.15, 0.2) is 11.5 Å². The Balaban J connectivity index is 1.64. The molecule has 5 aromatic rings. The number of carbonyl (C=O) groups excluding carboxylic acids is 1. The minimum absolute atomic E-state index is 0.0482. The van der Waals surface area contributed by atoms with Gasteiger partial charge in [-0.15, -0.1) is 23.4 Å². The van der Waals surface area contributed by atoms with E-state index in [9.17, 15) is 18.0 Å². The monoisotopic (exact) mass is 570 g/mol. The van der Waals surface area contributed by atoms with Gasteiger partial charge in [-0.05, 0) is 54.8 Å². The van der Waals surface area contributed by atoms with Crippen LogP contribution in [0.15, 0.2) is 60.8 Å². The van der Waals surface area contributed by atoms with Crippen molar-refractivity contribution in [1.29, 1.82) is 0 Å². The van der Waals surface area contributed by atoms with E-state index in [1.54, 1.807) is 30.3 Å². The topological polar surface area (TPSA) is 123 Å². The fourth-order valence-corrected chi connectivity index (χ4v) is 4.47. The lowest BCUT2D eigenvalue weighted by molar-refractivity contribution is -0.274. The van der Waals surface area contributed by atoms with Gasteiger partial charge in [-0.25, -0.2) is 4.68 Å². The Morgan fingerprint density at radius 3 is 2.67 bits per heavy atom. The third-order valence-corrected chi connectivity index (χ3v) is 6.16. The normalized spacial score (nSPS) is 12.6. The smallest absolute Gasteiger partial charge is 0.405 e. The van der Waals surface area contributed by atoms with E-state index in [-0.39, 0.29) is 22.9 Å². The zero-order valence-corrected chi connectivity index (χ0v) is 21.9. The first-order valence-electron chi connectivity index (χ1n) is 12.1. The number of hydrogen-bond acceptors (Lipinski definition) is 7. The molecule has 40 heavy (non-hydrogen) atoms. The highest BCUT2D eigenvalue weighted by atomic mass is 35.5. The lowest BCUT2D eigenvalue weighted by Gasteiger charge is -2.16. The Morgan fingerprint density at radius 2 is 1.95 bits per heavy atom. The summed E-state index contributed by atoms with van der Waals surface area (Å²) in [5.74, 6) is -0.555. The lowest BCUT2D eigenvalue weighted by Crippen LogP contribution is -2.30. The van der Waals surface area contributed by atoms with Crippen molar-refractivity contribution >= 4 is 28.4 Å². The number of aromatic amines is 1. The van der Waals surface area contributed by atoms with Crippen LogP contribution in [0.25, 0.3) is 27.8 Å². The van der Waals surface area contributed by atoms with E-state index >= 15 is 0 Å². The number of pyridine rings is 1. The number of benzene rings is 2. The van der Waals surface area contributed by atoms with Crippen LogP contribution in [-0.4, -0.2) is 47.7 Å². The molecule has 14 heteroatoms. The zero-order valence-electron chi connectivity index (χ0n) is 21.1. The van der Waals surface area contributed by atoms with Gasteiger partial charge in [0, 0.05) is 22.2 Å². The van der Waals surface area contributed by atoms with E-state index in [1.165, 1.54) is 35.1 Å². The van der Waals surface area contributed by atoms with Crippen LogP contribution in [0.2, 0.25) is 5.02 Å². The molecule has 1 unspecified atom stereocenters. The van der Waals surface area contributed by atoms with Crippen molar-refractivity contribution < 1.29 is 22.7 Å². The van der Waals surface area contributed by atoms with Gasteiger partial charge in [-0.2, -0.15) is 10.3 Å². The minimum Gasteiger partial charge on any atom is -0.405 e. The second kappa shape index (κ2) is 10.9. The molecule has 0 saturated heterocycles. The van der Waals surface area contributed by atoms with Gasteiger partial charge in [-0.3, -0.25) is 9.78 Å². The van der Waals surface area contributed by atoms with Gasteiger partial charge >= 0.3 is 6.36 Å². The fourth-order valence-electron chi connectivity index (χ4n) is 4.30. The van der Waals surface area contributed by atoms with Crippen molar-refractivity contribution in [1.82, 2.24) is 40.7 Å². The Hall–Kier alpha value is -4.52. The molecule has 1 atom stereocenters. The number of ether oxygens (including phenoxy) is 1. The summed E-state index contributed by atoms with van der Waals surface area (Å²) in [6.07, 6.45) is -2.90. The quantitative estimate of drug-likeness (QED) is 0.246. The number of fused-ring (bicyclic) bond motifs is 1. The molecule has 2 aromatic carbocycles. The van der Waals surface area contributed by atoms with Crippen molar-refractivity contribution in [2.75, 3.05) is 0 Å². The third kappa shape index (κ3) is 5.88. The van der Waals surface area contributed by atoms with E-state index in [0.717, 1.165) is 0 Å². The number of halogens is 4. The first kappa shape index (κ1) is 27.1. The standard InChI is InChI=1S/C26H22ClF3N8O2/c1-14(2)11-19(24-33-36-37-34-24)32-25(39)20-13-22(17-5-3-4-6-23(17)40-26(28,29)30)38(35-20)21-9-10-31-18-12-15(27)7-8-16(18)21/h3-10,12-14,19H,11H2,1-2H3,(H,32,39)(H,33,34,36,37). The number of aromatic nitrogens is 7. The molecular weight excluding hydrogens is 549 g/mol. The molecule has 0 aliphatic rings. The molecule has 1 amide bonds. The summed E-state index contributed by atoms with van der Waals surface area (Å²) in [5, 5.41) is 22.4. The molecule has 0 radical (unpaired) electrons. The van der Waals surface area contributed by atoms with E-state index in [0.29, 0.717) is 33.9 Å². The number of nitrogens with zero attached hydrogens (tertiary/aromatic N) is 6. The van der Waals surface area contributed by atoms with Crippen LogP contribution in [0.4, 0.5) is 13.2 Å². The summed E-state index contributed by atoms with van der Waals surface area (Å²) in [4.78, 5) is 17.8. The minimum atomic E-state index is -4.93. The maximum absolute atomic E-state index is 13.5. The number of nitrogens with one attached hydrogen (secondary N) is 2. The van der Waals surface area contributed by atoms with Crippen molar-refractivity contribution in [3.05, 3.63) is 77.3 Å². The summed E-state index contributed by atoms with van der Waals surface area (Å²) < 4.78 is 45.5. The van der Waals surface area contributed by atoms with Crippen LogP contribution >= 0.6 is 11.6 Å². The Labute approximate surface area is 230 Å². The molecule has 206 valence electrons. The van der Waals surface area contributed by atoms with Crippen LogP contribution in [0.3, 0.4) is 0 Å². The van der Waals surface area contributed by atoms with E-state index in [1.807, 2.05) is 13.8 Å².